The van der Waals surface area contributed by atoms with Crippen molar-refractivity contribution < 1.29 is 0 Å². The van der Waals surface area contributed by atoms with Gasteiger partial charge in [0.25, 0.3) is 0 Å². The molecule has 0 saturated carbocycles. The summed E-state index contributed by atoms with van der Waals surface area (Å²) >= 11 is 0. The van der Waals surface area contributed by atoms with Crippen molar-refractivity contribution in [2.75, 3.05) is 26.2 Å². The highest BCUT2D eigenvalue weighted by molar-refractivity contribution is 5.00. The van der Waals surface area contributed by atoms with Gasteiger partial charge < -0.3 is 10.2 Å². The summed E-state index contributed by atoms with van der Waals surface area (Å²) in [4.78, 5) is 2.58. The molecule has 1 saturated heterocycles. The van der Waals surface area contributed by atoms with E-state index >= 15 is 0 Å². The number of hydrogen-bond donors (Lipinski definition) is 1. The summed E-state index contributed by atoms with van der Waals surface area (Å²) in [6.45, 7) is 9.32. The molecule has 18 heavy (non-hydrogen) atoms. The van der Waals surface area contributed by atoms with E-state index in [0.717, 1.165) is 25.4 Å². The molecule has 0 aliphatic carbocycles. The number of nitrogens with one attached hydrogen (secondary N) is 1. The van der Waals surface area contributed by atoms with Crippen LogP contribution in [0.15, 0.2) is 12.3 Å². The van der Waals surface area contributed by atoms with E-state index in [2.05, 4.69) is 35.2 Å². The summed E-state index contributed by atoms with van der Waals surface area (Å²) in [7, 11) is 2.01. The van der Waals surface area contributed by atoms with Crippen LogP contribution in [-0.2, 0) is 13.5 Å². The standard InChI is InChI=1S/C14H26N4/c1-12(2)18-9-6-13(11-18)10-15-7-4-14-5-8-16-17(14)3/h5,8,12-13,15H,4,6-7,9-11H2,1-3H3. The van der Waals surface area contributed by atoms with Crippen molar-refractivity contribution in [3.63, 3.8) is 0 Å². The Morgan fingerprint density at radius 3 is 2.94 bits per heavy atom. The lowest BCUT2D eigenvalue weighted by Gasteiger charge is -2.20. The first kappa shape index (κ1) is 13.6. The summed E-state index contributed by atoms with van der Waals surface area (Å²) in [5, 5.41) is 7.77. The first-order chi connectivity index (χ1) is 8.66. The molecule has 0 amide bonds. The van der Waals surface area contributed by atoms with Crippen molar-refractivity contribution in [3.05, 3.63) is 18.0 Å². The summed E-state index contributed by atoms with van der Waals surface area (Å²) in [6.07, 6.45) is 4.28. The topological polar surface area (TPSA) is 33.1 Å². The number of nitrogens with zero attached hydrogens (tertiary/aromatic N) is 3. The molecule has 1 unspecified atom stereocenters. The van der Waals surface area contributed by atoms with Crippen LogP contribution >= 0.6 is 0 Å². The Balaban J connectivity index is 1.61. The molecule has 1 aromatic heterocycles. The molecule has 1 aliphatic heterocycles. The average Bonchev–Trinajstić information content (AvgIpc) is 2.94. The second-order valence-electron chi connectivity index (χ2n) is 5.64. The van der Waals surface area contributed by atoms with E-state index in [1.54, 1.807) is 0 Å². The molecule has 0 radical (unpaired) electrons. The molecule has 0 bridgehead atoms. The van der Waals surface area contributed by atoms with Crippen LogP contribution in [0.2, 0.25) is 0 Å². The van der Waals surface area contributed by atoms with Crippen molar-refractivity contribution in [2.24, 2.45) is 13.0 Å². The zero-order valence-electron chi connectivity index (χ0n) is 11.9. The van der Waals surface area contributed by atoms with E-state index in [1.807, 2.05) is 17.9 Å². The molecule has 1 aliphatic rings. The molecule has 1 N–H and O–H groups in total. The maximum Gasteiger partial charge on any atom is 0.0492 e. The molecule has 1 atom stereocenters. The molecule has 102 valence electrons. The van der Waals surface area contributed by atoms with Gasteiger partial charge in [-0.25, -0.2) is 0 Å². The molecule has 0 spiro atoms. The largest absolute Gasteiger partial charge is 0.316 e. The zero-order valence-corrected chi connectivity index (χ0v) is 11.9. The number of aromatic nitrogens is 2. The molecular weight excluding hydrogens is 224 g/mol. The van der Waals surface area contributed by atoms with Crippen molar-refractivity contribution in [1.82, 2.24) is 20.0 Å². The van der Waals surface area contributed by atoms with Crippen LogP contribution in [0.4, 0.5) is 0 Å². The fourth-order valence-electron chi connectivity index (χ4n) is 2.67. The first-order valence-electron chi connectivity index (χ1n) is 7.08. The molecule has 4 nitrogen and oxygen atoms in total. The van der Waals surface area contributed by atoms with E-state index < -0.39 is 0 Å². The normalized spacial score (nSPS) is 21.0. The Hall–Kier alpha value is -0.870. The number of rotatable bonds is 6. The predicted molar refractivity (Wildman–Crippen MR) is 74.6 cm³/mol. The van der Waals surface area contributed by atoms with Crippen molar-refractivity contribution in [3.8, 4) is 0 Å². The minimum absolute atomic E-state index is 0.699. The Morgan fingerprint density at radius 1 is 1.50 bits per heavy atom. The maximum atomic E-state index is 4.18. The zero-order chi connectivity index (χ0) is 13.0. The van der Waals surface area contributed by atoms with Crippen LogP contribution in [0.5, 0.6) is 0 Å². The number of likely N-dealkylation sites (tertiary alicyclic amines) is 1. The third-order valence-electron chi connectivity index (χ3n) is 3.96. The first-order valence-corrected chi connectivity index (χ1v) is 7.08. The third-order valence-corrected chi connectivity index (χ3v) is 3.96. The van der Waals surface area contributed by atoms with Crippen molar-refractivity contribution in [2.45, 2.75) is 32.7 Å². The van der Waals surface area contributed by atoms with Gasteiger partial charge in [0.05, 0.1) is 0 Å². The van der Waals surface area contributed by atoms with Gasteiger partial charge in [0.2, 0.25) is 0 Å². The number of aryl methyl sites for hydroxylation is 1. The summed E-state index contributed by atoms with van der Waals surface area (Å²) in [5.41, 5.74) is 1.30. The Bertz CT molecular complexity index is 358. The van der Waals surface area contributed by atoms with Gasteiger partial charge in [-0.2, -0.15) is 5.10 Å². The maximum absolute atomic E-state index is 4.18. The van der Waals surface area contributed by atoms with Crippen molar-refractivity contribution in [1.29, 1.82) is 0 Å². The van der Waals surface area contributed by atoms with Gasteiger partial charge >= 0.3 is 0 Å². The molecule has 2 heterocycles. The van der Waals surface area contributed by atoms with E-state index in [9.17, 15) is 0 Å². The molecule has 1 aromatic rings. The Labute approximate surface area is 110 Å². The minimum atomic E-state index is 0.699. The van der Waals surface area contributed by atoms with E-state index in [1.165, 1.54) is 25.2 Å². The van der Waals surface area contributed by atoms with Crippen LogP contribution in [0.3, 0.4) is 0 Å². The summed E-state index contributed by atoms with van der Waals surface area (Å²) in [6, 6.07) is 2.79. The highest BCUT2D eigenvalue weighted by atomic mass is 15.3. The smallest absolute Gasteiger partial charge is 0.0492 e. The molecule has 4 heteroatoms. The van der Waals surface area contributed by atoms with Crippen LogP contribution in [0.1, 0.15) is 26.0 Å². The number of hydrogen-bond acceptors (Lipinski definition) is 3. The monoisotopic (exact) mass is 250 g/mol. The third kappa shape index (κ3) is 3.56. The van der Waals surface area contributed by atoms with Crippen LogP contribution in [0, 0.1) is 5.92 Å². The van der Waals surface area contributed by atoms with Gasteiger partial charge in [-0.15, -0.1) is 0 Å². The van der Waals surface area contributed by atoms with Gasteiger partial charge in [-0.05, 0) is 45.3 Å². The SMILES string of the molecule is CC(C)N1CCC(CNCCc2ccnn2C)C1. The van der Waals surface area contributed by atoms with Gasteiger partial charge in [0.15, 0.2) is 0 Å². The molecule has 2 rings (SSSR count). The second kappa shape index (κ2) is 6.34. The highest BCUT2D eigenvalue weighted by Gasteiger charge is 2.23. The fourth-order valence-corrected chi connectivity index (χ4v) is 2.67. The quantitative estimate of drug-likeness (QED) is 0.772. The lowest BCUT2D eigenvalue weighted by Crippen LogP contribution is -2.31. The lowest BCUT2D eigenvalue weighted by molar-refractivity contribution is 0.264. The molecular formula is C14H26N4. The van der Waals surface area contributed by atoms with E-state index in [4.69, 9.17) is 0 Å². The van der Waals surface area contributed by atoms with Gasteiger partial charge in [0, 0.05) is 44.5 Å². The molecule has 1 fully saturated rings. The highest BCUT2D eigenvalue weighted by Crippen LogP contribution is 2.17. The Morgan fingerprint density at radius 2 is 2.33 bits per heavy atom. The Kier molecular flexibility index (Phi) is 4.78. The predicted octanol–water partition coefficient (Wildman–Crippen LogP) is 1.28. The van der Waals surface area contributed by atoms with Crippen LogP contribution in [-0.4, -0.2) is 46.9 Å². The lowest BCUT2D eigenvalue weighted by atomic mass is 10.1. The molecule has 0 aromatic carbocycles. The second-order valence-corrected chi connectivity index (χ2v) is 5.64. The average molecular weight is 250 g/mol. The van der Waals surface area contributed by atoms with Gasteiger partial charge in [0.1, 0.15) is 0 Å². The van der Waals surface area contributed by atoms with E-state index in [-0.39, 0.29) is 0 Å². The van der Waals surface area contributed by atoms with Gasteiger partial charge in [-0.3, -0.25) is 4.68 Å². The fraction of sp³-hybridized carbons (Fsp3) is 0.786. The van der Waals surface area contributed by atoms with Crippen molar-refractivity contribution >= 4 is 0 Å². The van der Waals surface area contributed by atoms with Gasteiger partial charge in [-0.1, -0.05) is 0 Å². The van der Waals surface area contributed by atoms with Crippen LogP contribution in [0.25, 0.3) is 0 Å². The summed E-state index contributed by atoms with van der Waals surface area (Å²) < 4.78 is 1.96. The van der Waals surface area contributed by atoms with E-state index in [0.29, 0.717) is 6.04 Å². The summed E-state index contributed by atoms with van der Waals surface area (Å²) in [5.74, 6) is 0.832. The minimum Gasteiger partial charge on any atom is -0.316 e. The van der Waals surface area contributed by atoms with Crippen LogP contribution < -0.4 is 5.32 Å².